The Bertz CT molecular complexity index is 1580. The Kier molecular flexibility index (Phi) is 17.3. The SMILES string of the molecule is C=CC(=O)OCCCCOc1ccc(-c2ccc(/C=C/c3ccc(OCCCCCCOC(=O)C(=C)CC(=O)OC4CCCCC4)cc3)cc2)cc1. The Hall–Kier alpha value is -5.11. The number of ether oxygens (including phenoxy) is 5. The lowest BCUT2D eigenvalue weighted by Gasteiger charge is -2.21. The van der Waals surface area contributed by atoms with E-state index in [1.165, 1.54) is 12.5 Å². The molecule has 0 saturated heterocycles. The average molecular weight is 709 g/mol. The van der Waals surface area contributed by atoms with Crippen LogP contribution in [0.2, 0.25) is 0 Å². The standard InChI is InChI=1S/C44H52O8/c1-3-42(45)50-31-12-11-30-49-40-27-23-38(24-28-40)37-21-17-35(18-22-37)15-16-36-19-25-39(26-20-36)48-29-9-4-5-10-32-51-44(47)34(2)33-43(46)52-41-13-7-6-8-14-41/h3,15-28,41H,1-2,4-14,29-33H2/b16-15+. The minimum absolute atomic E-state index is 0.0291. The molecule has 0 aromatic heterocycles. The fraction of sp³-hybridized carbons (Fsp3) is 0.386. The molecule has 8 nitrogen and oxygen atoms in total. The van der Waals surface area contributed by atoms with Crippen molar-refractivity contribution in [1.29, 1.82) is 0 Å². The van der Waals surface area contributed by atoms with Gasteiger partial charge in [-0.15, -0.1) is 0 Å². The highest BCUT2D eigenvalue weighted by atomic mass is 16.5. The van der Waals surface area contributed by atoms with Gasteiger partial charge in [0.05, 0.1) is 32.8 Å². The molecule has 0 radical (unpaired) electrons. The predicted molar refractivity (Wildman–Crippen MR) is 205 cm³/mol. The Balaban J connectivity index is 1.05. The molecule has 0 spiro atoms. The number of hydrogen-bond acceptors (Lipinski definition) is 8. The molecular formula is C44H52O8. The molecule has 0 bridgehead atoms. The lowest BCUT2D eigenvalue weighted by Crippen LogP contribution is -2.22. The van der Waals surface area contributed by atoms with E-state index < -0.39 is 17.9 Å². The maximum absolute atomic E-state index is 12.2. The second-order valence-electron chi connectivity index (χ2n) is 12.9. The quantitative estimate of drug-likeness (QED) is 0.0335. The molecule has 0 unspecified atom stereocenters. The Morgan fingerprint density at radius 1 is 0.615 bits per heavy atom. The van der Waals surface area contributed by atoms with E-state index >= 15 is 0 Å². The molecule has 276 valence electrons. The zero-order valence-electron chi connectivity index (χ0n) is 30.2. The summed E-state index contributed by atoms with van der Waals surface area (Å²) in [5, 5.41) is 0. The molecule has 0 atom stereocenters. The van der Waals surface area contributed by atoms with E-state index in [9.17, 15) is 14.4 Å². The summed E-state index contributed by atoms with van der Waals surface area (Å²) in [6, 6.07) is 24.5. The van der Waals surface area contributed by atoms with Gasteiger partial charge in [0.25, 0.3) is 0 Å². The number of unbranched alkanes of at least 4 members (excludes halogenated alkanes) is 4. The first kappa shape index (κ1) is 39.7. The van der Waals surface area contributed by atoms with Gasteiger partial charge in [0.1, 0.15) is 17.6 Å². The van der Waals surface area contributed by atoms with Gasteiger partial charge in [-0.2, -0.15) is 0 Å². The summed E-state index contributed by atoms with van der Waals surface area (Å²) < 4.78 is 27.4. The summed E-state index contributed by atoms with van der Waals surface area (Å²) in [5.74, 6) is 0.320. The number of benzene rings is 3. The average Bonchev–Trinajstić information content (AvgIpc) is 3.17. The fourth-order valence-corrected chi connectivity index (χ4v) is 5.70. The molecule has 4 rings (SSSR count). The van der Waals surface area contributed by atoms with Crippen molar-refractivity contribution >= 4 is 30.1 Å². The van der Waals surface area contributed by atoms with E-state index in [1.54, 1.807) is 0 Å². The van der Waals surface area contributed by atoms with Gasteiger partial charge >= 0.3 is 17.9 Å². The van der Waals surface area contributed by atoms with Gasteiger partial charge < -0.3 is 23.7 Å². The number of esters is 3. The van der Waals surface area contributed by atoms with E-state index in [1.807, 2.05) is 36.4 Å². The van der Waals surface area contributed by atoms with Crippen LogP contribution in [-0.4, -0.2) is 50.4 Å². The predicted octanol–water partition coefficient (Wildman–Crippen LogP) is 9.72. The van der Waals surface area contributed by atoms with Crippen LogP contribution in [0.5, 0.6) is 11.5 Å². The van der Waals surface area contributed by atoms with Crippen LogP contribution in [0.1, 0.15) is 88.2 Å². The Labute approximate surface area is 308 Å². The van der Waals surface area contributed by atoms with Crippen molar-refractivity contribution in [3.63, 3.8) is 0 Å². The zero-order valence-corrected chi connectivity index (χ0v) is 30.2. The zero-order chi connectivity index (χ0) is 36.8. The minimum Gasteiger partial charge on any atom is -0.494 e. The first-order valence-electron chi connectivity index (χ1n) is 18.5. The van der Waals surface area contributed by atoms with Crippen LogP contribution in [0.15, 0.2) is 97.6 Å². The van der Waals surface area contributed by atoms with Crippen LogP contribution in [0, 0.1) is 0 Å². The first-order valence-corrected chi connectivity index (χ1v) is 18.5. The van der Waals surface area contributed by atoms with Crippen molar-refractivity contribution in [3.05, 3.63) is 109 Å². The van der Waals surface area contributed by atoms with Gasteiger partial charge in [0.15, 0.2) is 0 Å². The van der Waals surface area contributed by atoms with E-state index in [0.29, 0.717) is 26.4 Å². The molecule has 8 heteroatoms. The molecule has 1 fully saturated rings. The van der Waals surface area contributed by atoms with Crippen molar-refractivity contribution < 1.29 is 38.1 Å². The largest absolute Gasteiger partial charge is 0.494 e. The van der Waals surface area contributed by atoms with Crippen molar-refractivity contribution in [2.75, 3.05) is 26.4 Å². The highest BCUT2D eigenvalue weighted by molar-refractivity contribution is 5.93. The van der Waals surface area contributed by atoms with Gasteiger partial charge in [-0.1, -0.05) is 80.3 Å². The summed E-state index contributed by atoms with van der Waals surface area (Å²) in [4.78, 5) is 35.3. The van der Waals surface area contributed by atoms with Gasteiger partial charge in [0, 0.05) is 11.6 Å². The van der Waals surface area contributed by atoms with Crippen LogP contribution < -0.4 is 9.47 Å². The fourth-order valence-electron chi connectivity index (χ4n) is 5.70. The molecule has 0 aliphatic heterocycles. The van der Waals surface area contributed by atoms with Gasteiger partial charge in [-0.3, -0.25) is 4.79 Å². The third-order valence-corrected chi connectivity index (χ3v) is 8.70. The van der Waals surface area contributed by atoms with Crippen LogP contribution in [0.25, 0.3) is 23.3 Å². The van der Waals surface area contributed by atoms with E-state index in [4.69, 9.17) is 23.7 Å². The van der Waals surface area contributed by atoms with Crippen molar-refractivity contribution in [3.8, 4) is 22.6 Å². The molecule has 3 aromatic carbocycles. The molecule has 0 N–H and O–H groups in total. The maximum atomic E-state index is 12.2. The summed E-state index contributed by atoms with van der Waals surface area (Å²) in [6.45, 7) is 8.95. The second kappa shape index (κ2) is 22.7. The summed E-state index contributed by atoms with van der Waals surface area (Å²) in [5.41, 5.74) is 4.58. The summed E-state index contributed by atoms with van der Waals surface area (Å²) >= 11 is 0. The van der Waals surface area contributed by atoms with Gasteiger partial charge in [-0.05, 0) is 111 Å². The molecular weight excluding hydrogens is 656 g/mol. The van der Waals surface area contributed by atoms with Crippen LogP contribution in [-0.2, 0) is 28.6 Å². The van der Waals surface area contributed by atoms with Crippen LogP contribution in [0.3, 0.4) is 0 Å². The highest BCUT2D eigenvalue weighted by Crippen LogP contribution is 2.24. The van der Waals surface area contributed by atoms with E-state index in [0.717, 1.165) is 98.0 Å². The number of rotatable bonds is 22. The normalized spacial score (nSPS) is 12.9. The monoisotopic (exact) mass is 708 g/mol. The maximum Gasteiger partial charge on any atom is 0.333 e. The Morgan fingerprint density at radius 3 is 1.69 bits per heavy atom. The third kappa shape index (κ3) is 15.0. The van der Waals surface area contributed by atoms with Gasteiger partial charge in [0.2, 0.25) is 0 Å². The van der Waals surface area contributed by atoms with Gasteiger partial charge in [-0.25, -0.2) is 9.59 Å². The van der Waals surface area contributed by atoms with Crippen molar-refractivity contribution in [2.24, 2.45) is 0 Å². The topological polar surface area (TPSA) is 97.4 Å². The van der Waals surface area contributed by atoms with Crippen LogP contribution in [0.4, 0.5) is 0 Å². The lowest BCUT2D eigenvalue weighted by molar-refractivity contribution is -0.151. The molecule has 1 saturated carbocycles. The number of carbonyl (C=O) groups is 3. The second-order valence-corrected chi connectivity index (χ2v) is 12.9. The highest BCUT2D eigenvalue weighted by Gasteiger charge is 2.20. The minimum atomic E-state index is -0.527. The number of carbonyl (C=O) groups excluding carboxylic acids is 3. The molecule has 0 amide bonds. The third-order valence-electron chi connectivity index (χ3n) is 8.70. The van der Waals surface area contributed by atoms with E-state index in [2.05, 4.69) is 61.7 Å². The molecule has 3 aromatic rings. The molecule has 52 heavy (non-hydrogen) atoms. The van der Waals surface area contributed by atoms with Crippen molar-refractivity contribution in [2.45, 2.75) is 83.2 Å². The summed E-state index contributed by atoms with van der Waals surface area (Å²) in [7, 11) is 0. The van der Waals surface area contributed by atoms with Crippen LogP contribution >= 0.6 is 0 Å². The molecule has 1 aliphatic rings. The summed E-state index contributed by atoms with van der Waals surface area (Å²) in [6.07, 6.45) is 15.4. The number of hydrogen-bond donors (Lipinski definition) is 0. The smallest absolute Gasteiger partial charge is 0.333 e. The first-order chi connectivity index (χ1) is 25.4. The van der Waals surface area contributed by atoms with Crippen molar-refractivity contribution in [1.82, 2.24) is 0 Å². The Morgan fingerprint density at radius 2 is 1.10 bits per heavy atom. The molecule has 0 heterocycles. The molecule has 1 aliphatic carbocycles. The lowest BCUT2D eigenvalue weighted by atomic mass is 9.98. The van der Waals surface area contributed by atoms with E-state index in [-0.39, 0.29) is 18.1 Å².